The zero-order chi connectivity index (χ0) is 17.8. The fraction of sp³-hybridized carbons (Fsp3) is 0.278. The summed E-state index contributed by atoms with van der Waals surface area (Å²) < 4.78 is 0. The minimum absolute atomic E-state index is 0.155. The molecule has 1 aromatic carbocycles. The Balaban J connectivity index is 1.75. The number of rotatable bonds is 4. The molecule has 0 bridgehead atoms. The SMILES string of the molecule is NC(=O)C1CN(Cc2ccccc2)CCN1C(=O)c1cccnc1N. The van der Waals surface area contributed by atoms with E-state index in [0.29, 0.717) is 31.7 Å². The molecular formula is C18H21N5O2. The Bertz CT molecular complexity index is 765. The average molecular weight is 339 g/mol. The predicted molar refractivity (Wildman–Crippen MR) is 94.4 cm³/mol. The Morgan fingerprint density at radius 3 is 2.56 bits per heavy atom. The highest BCUT2D eigenvalue weighted by molar-refractivity contribution is 6.00. The van der Waals surface area contributed by atoms with E-state index in [-0.39, 0.29) is 11.7 Å². The number of piperazine rings is 1. The van der Waals surface area contributed by atoms with Gasteiger partial charge in [0.15, 0.2) is 0 Å². The number of hydrogen-bond acceptors (Lipinski definition) is 5. The second kappa shape index (κ2) is 7.31. The fourth-order valence-electron chi connectivity index (χ4n) is 3.06. The summed E-state index contributed by atoms with van der Waals surface area (Å²) in [5, 5.41) is 0. The maximum Gasteiger partial charge on any atom is 0.258 e. The van der Waals surface area contributed by atoms with E-state index < -0.39 is 11.9 Å². The van der Waals surface area contributed by atoms with E-state index in [4.69, 9.17) is 11.5 Å². The first-order valence-electron chi connectivity index (χ1n) is 8.13. The molecule has 1 aliphatic heterocycles. The zero-order valence-corrected chi connectivity index (χ0v) is 13.8. The number of carbonyl (C=O) groups excluding carboxylic acids is 2. The van der Waals surface area contributed by atoms with Crippen molar-refractivity contribution in [3.8, 4) is 0 Å². The molecule has 0 saturated carbocycles. The third-order valence-corrected chi connectivity index (χ3v) is 4.37. The third-order valence-electron chi connectivity index (χ3n) is 4.37. The Hall–Kier alpha value is -2.93. The third kappa shape index (κ3) is 3.77. The summed E-state index contributed by atoms with van der Waals surface area (Å²) in [5.74, 6) is -0.676. The van der Waals surface area contributed by atoms with Crippen LogP contribution in [0.25, 0.3) is 0 Å². The molecule has 1 atom stereocenters. The van der Waals surface area contributed by atoms with Crippen molar-refractivity contribution in [2.45, 2.75) is 12.6 Å². The molecule has 1 aliphatic rings. The molecule has 1 saturated heterocycles. The van der Waals surface area contributed by atoms with E-state index in [1.54, 1.807) is 12.1 Å². The van der Waals surface area contributed by atoms with Gasteiger partial charge in [0.25, 0.3) is 5.91 Å². The lowest BCUT2D eigenvalue weighted by Gasteiger charge is -2.40. The second-order valence-corrected chi connectivity index (χ2v) is 6.07. The van der Waals surface area contributed by atoms with Crippen molar-refractivity contribution in [3.05, 3.63) is 59.8 Å². The maximum atomic E-state index is 12.8. The summed E-state index contributed by atoms with van der Waals surface area (Å²) >= 11 is 0. The van der Waals surface area contributed by atoms with Crippen LogP contribution >= 0.6 is 0 Å². The first-order valence-corrected chi connectivity index (χ1v) is 8.13. The van der Waals surface area contributed by atoms with Gasteiger partial charge in [-0.25, -0.2) is 4.98 Å². The number of anilines is 1. The summed E-state index contributed by atoms with van der Waals surface area (Å²) in [6, 6.07) is 12.6. The molecule has 1 unspecified atom stereocenters. The van der Waals surface area contributed by atoms with Crippen LogP contribution in [0.1, 0.15) is 15.9 Å². The van der Waals surface area contributed by atoms with Crippen molar-refractivity contribution in [1.29, 1.82) is 0 Å². The zero-order valence-electron chi connectivity index (χ0n) is 13.8. The Kier molecular flexibility index (Phi) is 4.95. The Morgan fingerprint density at radius 2 is 1.88 bits per heavy atom. The van der Waals surface area contributed by atoms with Gasteiger partial charge >= 0.3 is 0 Å². The number of carbonyl (C=O) groups is 2. The van der Waals surface area contributed by atoms with Crippen LogP contribution < -0.4 is 11.5 Å². The lowest BCUT2D eigenvalue weighted by atomic mass is 10.1. The van der Waals surface area contributed by atoms with Crippen molar-refractivity contribution in [3.63, 3.8) is 0 Å². The quantitative estimate of drug-likeness (QED) is 0.843. The molecule has 130 valence electrons. The number of nitrogens with zero attached hydrogens (tertiary/aromatic N) is 3. The smallest absolute Gasteiger partial charge is 0.258 e. The van der Waals surface area contributed by atoms with Crippen LogP contribution in [-0.4, -0.2) is 52.3 Å². The van der Waals surface area contributed by atoms with Crippen LogP contribution in [-0.2, 0) is 11.3 Å². The molecule has 25 heavy (non-hydrogen) atoms. The predicted octanol–water partition coefficient (Wildman–Crippen LogP) is 0.476. The fourth-order valence-corrected chi connectivity index (χ4v) is 3.06. The molecule has 3 rings (SSSR count). The van der Waals surface area contributed by atoms with Crippen LogP contribution in [0.3, 0.4) is 0 Å². The summed E-state index contributed by atoms with van der Waals surface area (Å²) in [7, 11) is 0. The molecule has 1 aromatic heterocycles. The van der Waals surface area contributed by atoms with Gasteiger partial charge in [0, 0.05) is 32.4 Å². The van der Waals surface area contributed by atoms with Gasteiger partial charge in [-0.1, -0.05) is 30.3 Å². The number of aromatic nitrogens is 1. The number of hydrogen-bond donors (Lipinski definition) is 2. The van der Waals surface area contributed by atoms with E-state index >= 15 is 0 Å². The Morgan fingerprint density at radius 1 is 1.12 bits per heavy atom. The summed E-state index contributed by atoms with van der Waals surface area (Å²) in [5.41, 5.74) is 12.8. The number of benzene rings is 1. The molecule has 7 nitrogen and oxygen atoms in total. The van der Waals surface area contributed by atoms with Gasteiger partial charge in [-0.3, -0.25) is 14.5 Å². The first kappa shape index (κ1) is 16.9. The highest BCUT2D eigenvalue weighted by atomic mass is 16.2. The molecule has 4 N–H and O–H groups in total. The number of primary amides is 1. The first-order chi connectivity index (χ1) is 12.1. The van der Waals surface area contributed by atoms with E-state index in [1.165, 1.54) is 11.1 Å². The molecule has 0 aliphatic carbocycles. The van der Waals surface area contributed by atoms with Crippen molar-refractivity contribution >= 4 is 17.6 Å². The molecule has 2 heterocycles. The summed E-state index contributed by atoms with van der Waals surface area (Å²) in [6.07, 6.45) is 1.52. The molecular weight excluding hydrogens is 318 g/mol. The monoisotopic (exact) mass is 339 g/mol. The largest absolute Gasteiger partial charge is 0.383 e. The lowest BCUT2D eigenvalue weighted by molar-refractivity contribution is -0.124. The molecule has 7 heteroatoms. The van der Waals surface area contributed by atoms with Crippen LogP contribution in [0.15, 0.2) is 48.7 Å². The van der Waals surface area contributed by atoms with Gasteiger partial charge in [-0.05, 0) is 17.7 Å². The van der Waals surface area contributed by atoms with Crippen LogP contribution in [0.5, 0.6) is 0 Å². The van der Waals surface area contributed by atoms with Gasteiger partial charge in [-0.2, -0.15) is 0 Å². The van der Waals surface area contributed by atoms with Gasteiger partial charge in [0.05, 0.1) is 5.56 Å². The topological polar surface area (TPSA) is 106 Å². The molecule has 2 amide bonds. The standard InChI is InChI=1S/C18H21N5O2/c19-16-14(7-4-8-21-16)18(25)23-10-9-22(12-15(23)17(20)24)11-13-5-2-1-3-6-13/h1-8,15H,9-12H2,(H2,19,21)(H2,20,24). The molecule has 0 spiro atoms. The van der Waals surface area contributed by atoms with Crippen LogP contribution in [0, 0.1) is 0 Å². The Labute approximate surface area is 146 Å². The van der Waals surface area contributed by atoms with Crippen LogP contribution in [0.4, 0.5) is 5.82 Å². The van der Waals surface area contributed by atoms with Gasteiger partial charge in [0.2, 0.25) is 5.91 Å². The average Bonchev–Trinajstić information content (AvgIpc) is 2.62. The van der Waals surface area contributed by atoms with Crippen molar-refractivity contribution < 1.29 is 9.59 Å². The van der Waals surface area contributed by atoms with E-state index in [2.05, 4.69) is 9.88 Å². The number of amides is 2. The van der Waals surface area contributed by atoms with E-state index in [9.17, 15) is 9.59 Å². The maximum absolute atomic E-state index is 12.8. The van der Waals surface area contributed by atoms with Gasteiger partial charge in [-0.15, -0.1) is 0 Å². The lowest BCUT2D eigenvalue weighted by Crippen LogP contribution is -2.59. The minimum Gasteiger partial charge on any atom is -0.383 e. The van der Waals surface area contributed by atoms with E-state index in [0.717, 1.165) is 5.56 Å². The summed E-state index contributed by atoms with van der Waals surface area (Å²) in [4.78, 5) is 32.3. The van der Waals surface area contributed by atoms with E-state index in [1.807, 2.05) is 30.3 Å². The minimum atomic E-state index is -0.690. The normalized spacial score (nSPS) is 18.1. The van der Waals surface area contributed by atoms with Gasteiger partial charge < -0.3 is 16.4 Å². The number of nitrogens with two attached hydrogens (primary N) is 2. The highest BCUT2D eigenvalue weighted by Crippen LogP contribution is 2.18. The van der Waals surface area contributed by atoms with Crippen LogP contribution in [0.2, 0.25) is 0 Å². The van der Waals surface area contributed by atoms with Crippen molar-refractivity contribution in [2.24, 2.45) is 5.73 Å². The van der Waals surface area contributed by atoms with Crippen molar-refractivity contribution in [2.75, 3.05) is 25.4 Å². The van der Waals surface area contributed by atoms with Gasteiger partial charge in [0.1, 0.15) is 11.9 Å². The summed E-state index contributed by atoms with van der Waals surface area (Å²) in [6.45, 7) is 2.18. The molecule has 0 radical (unpaired) electrons. The number of pyridine rings is 1. The highest BCUT2D eigenvalue weighted by Gasteiger charge is 2.35. The second-order valence-electron chi connectivity index (χ2n) is 6.07. The van der Waals surface area contributed by atoms with Crippen molar-refractivity contribution in [1.82, 2.24) is 14.8 Å². The molecule has 2 aromatic rings. The number of nitrogen functional groups attached to an aromatic ring is 1. The molecule has 1 fully saturated rings.